The van der Waals surface area contributed by atoms with Gasteiger partial charge in [0.25, 0.3) is 0 Å². The third kappa shape index (κ3) is 15.8. The van der Waals surface area contributed by atoms with Gasteiger partial charge >= 0.3 is 12.2 Å². The van der Waals surface area contributed by atoms with Gasteiger partial charge in [-0.2, -0.15) is 0 Å². The van der Waals surface area contributed by atoms with Crippen molar-refractivity contribution in [3.63, 3.8) is 0 Å². The van der Waals surface area contributed by atoms with Crippen molar-refractivity contribution >= 4 is 86.0 Å². The minimum Gasteiger partial charge on any atom is -0.444 e. The van der Waals surface area contributed by atoms with E-state index in [1.54, 1.807) is 84.3 Å². The summed E-state index contributed by atoms with van der Waals surface area (Å²) in [5.41, 5.74) is 2.32. The van der Waals surface area contributed by atoms with Crippen molar-refractivity contribution in [2.45, 2.75) is 138 Å². The molecule has 5 aromatic carbocycles. The Kier molecular flexibility index (Phi) is 20.8. The zero-order valence-electron chi connectivity index (χ0n) is 48.3. The SMILES string of the molecule is CN1C(=O)[C@H](CCCCNC(=O)OC(C)(C)C)NC(=O)[C@H](CCC(=O)NC(c2ccccc2)(c2ccccc2)c2ccccc2)NCc2cccnc2Sc2c(Cl)ccc(Br)c2CNC(=O)[C@@H]1Cc1cn(C(=O)OC(C)(C)C)c2ccccc12. The highest BCUT2D eigenvalue weighted by molar-refractivity contribution is 9.10. The van der Waals surface area contributed by atoms with Gasteiger partial charge in [0, 0.05) is 72.2 Å². The zero-order chi connectivity index (χ0) is 60.2. The van der Waals surface area contributed by atoms with Crippen LogP contribution in [0.25, 0.3) is 10.9 Å². The van der Waals surface area contributed by atoms with Crippen LogP contribution in [0.4, 0.5) is 9.59 Å². The van der Waals surface area contributed by atoms with Crippen molar-refractivity contribution in [2.75, 3.05) is 13.6 Å². The van der Waals surface area contributed by atoms with Crippen molar-refractivity contribution in [1.29, 1.82) is 0 Å². The Bertz CT molecular complexity index is 3370. The van der Waals surface area contributed by atoms with Crippen LogP contribution in [-0.2, 0) is 53.7 Å². The van der Waals surface area contributed by atoms with Gasteiger partial charge in [0.15, 0.2) is 0 Å². The first kappa shape index (κ1) is 62.5. The van der Waals surface area contributed by atoms with Gasteiger partial charge < -0.3 is 41.0 Å². The first-order chi connectivity index (χ1) is 40.1. The van der Waals surface area contributed by atoms with Crippen LogP contribution in [0.15, 0.2) is 166 Å². The number of carbonyl (C=O) groups is 6. The second-order valence-electron chi connectivity index (χ2n) is 22.7. The van der Waals surface area contributed by atoms with Gasteiger partial charge in [-0.05, 0) is 119 Å². The van der Waals surface area contributed by atoms with Crippen LogP contribution in [0.2, 0.25) is 5.02 Å². The Morgan fingerprint density at radius 1 is 0.738 bits per heavy atom. The number of nitrogens with one attached hydrogen (secondary N) is 5. The summed E-state index contributed by atoms with van der Waals surface area (Å²) in [5.74, 6) is -2.01. The Balaban J connectivity index is 1.18. The fraction of sp³-hybridized carbons (Fsp3) is 0.338. The second kappa shape index (κ2) is 27.9. The van der Waals surface area contributed by atoms with Gasteiger partial charge in [0.05, 0.1) is 16.6 Å². The van der Waals surface area contributed by atoms with E-state index in [1.807, 2.05) is 109 Å². The summed E-state index contributed by atoms with van der Waals surface area (Å²) < 4.78 is 13.3. The number of nitrogens with zero attached hydrogens (tertiary/aromatic N) is 3. The molecule has 16 nitrogen and oxygen atoms in total. The molecule has 0 saturated carbocycles. The molecule has 440 valence electrons. The molecule has 84 heavy (non-hydrogen) atoms. The molecule has 0 saturated heterocycles. The van der Waals surface area contributed by atoms with Crippen LogP contribution in [0.1, 0.15) is 107 Å². The quantitative estimate of drug-likeness (QED) is 0.0512. The Labute approximate surface area is 508 Å². The number of alkyl carbamates (subject to hydrolysis) is 1. The molecule has 1 aliphatic rings. The largest absolute Gasteiger partial charge is 0.444 e. The van der Waals surface area contributed by atoms with Crippen LogP contribution >= 0.6 is 39.3 Å². The molecule has 0 spiro atoms. The van der Waals surface area contributed by atoms with Crippen molar-refractivity contribution in [1.82, 2.24) is 41.0 Å². The van der Waals surface area contributed by atoms with E-state index in [0.29, 0.717) is 59.9 Å². The van der Waals surface area contributed by atoms with Crippen LogP contribution in [-0.4, -0.2) is 93.2 Å². The first-order valence-corrected chi connectivity index (χ1v) is 30.0. The fourth-order valence-electron chi connectivity index (χ4n) is 10.2. The van der Waals surface area contributed by atoms with E-state index in [9.17, 15) is 14.4 Å². The summed E-state index contributed by atoms with van der Waals surface area (Å²) in [4.78, 5) is 93.9. The third-order valence-electron chi connectivity index (χ3n) is 14.2. The van der Waals surface area contributed by atoms with Gasteiger partial charge in [0.2, 0.25) is 23.6 Å². The molecule has 0 bridgehead atoms. The fourth-order valence-corrected chi connectivity index (χ4v) is 12.1. The highest BCUT2D eigenvalue weighted by atomic mass is 79.9. The average molecular weight is 1240 g/mol. The van der Waals surface area contributed by atoms with Crippen molar-refractivity contribution < 1.29 is 38.2 Å². The number of aromatic nitrogens is 2. The van der Waals surface area contributed by atoms with Gasteiger partial charge in [-0.25, -0.2) is 14.6 Å². The lowest BCUT2D eigenvalue weighted by Crippen LogP contribution is -2.57. The number of para-hydroxylation sites is 1. The van der Waals surface area contributed by atoms with Crippen LogP contribution in [0, 0.1) is 0 Å². The number of carbonyl (C=O) groups excluding carboxylic acids is 6. The molecule has 19 heteroatoms. The topological polar surface area (TPSA) is 202 Å². The van der Waals surface area contributed by atoms with Crippen molar-refractivity contribution in [2.24, 2.45) is 0 Å². The number of fused-ring (bicyclic) bond motifs is 3. The highest BCUT2D eigenvalue weighted by Crippen LogP contribution is 2.41. The third-order valence-corrected chi connectivity index (χ3v) is 16.6. The highest BCUT2D eigenvalue weighted by Gasteiger charge is 2.39. The normalized spacial score (nSPS) is 16.6. The number of pyridine rings is 1. The van der Waals surface area contributed by atoms with E-state index in [1.165, 1.54) is 28.3 Å². The van der Waals surface area contributed by atoms with Crippen LogP contribution in [0.5, 0.6) is 0 Å². The molecule has 3 atom stereocenters. The minimum atomic E-state index is -1.22. The van der Waals surface area contributed by atoms with E-state index in [0.717, 1.165) is 16.7 Å². The van der Waals surface area contributed by atoms with Gasteiger partial charge in [0.1, 0.15) is 33.9 Å². The van der Waals surface area contributed by atoms with E-state index in [-0.39, 0.29) is 51.2 Å². The number of amides is 5. The second-order valence-corrected chi connectivity index (χ2v) is 24.9. The summed E-state index contributed by atoms with van der Waals surface area (Å²) in [7, 11) is 1.52. The predicted octanol–water partition coefficient (Wildman–Crippen LogP) is 11.6. The van der Waals surface area contributed by atoms with Crippen LogP contribution in [0.3, 0.4) is 0 Å². The van der Waals surface area contributed by atoms with E-state index in [4.69, 9.17) is 26.1 Å². The van der Waals surface area contributed by atoms with Crippen LogP contribution < -0.4 is 26.6 Å². The number of ether oxygens (including phenoxy) is 2. The maximum Gasteiger partial charge on any atom is 0.419 e. The molecule has 0 aliphatic carbocycles. The number of benzene rings is 5. The molecule has 5 amide bonds. The molecule has 0 fully saturated rings. The molecular formula is C65H72BrClN8O8S. The lowest BCUT2D eigenvalue weighted by molar-refractivity contribution is -0.142. The molecule has 3 heterocycles. The smallest absolute Gasteiger partial charge is 0.419 e. The Morgan fingerprint density at radius 3 is 1.99 bits per heavy atom. The molecule has 8 rings (SSSR count). The number of likely N-dealkylation sites (N-methyl/N-ethyl adjacent to an activating group) is 1. The Morgan fingerprint density at radius 2 is 1.36 bits per heavy atom. The maximum atomic E-state index is 15.5. The Hall–Kier alpha value is -7.51. The first-order valence-electron chi connectivity index (χ1n) is 28.1. The lowest BCUT2D eigenvalue weighted by Gasteiger charge is -2.37. The zero-order valence-corrected chi connectivity index (χ0v) is 51.5. The summed E-state index contributed by atoms with van der Waals surface area (Å²) in [6.45, 7) is 10.9. The number of unbranched alkanes of at least 4 members (excludes halogenated alkanes) is 1. The van der Waals surface area contributed by atoms with E-state index < -0.39 is 64.8 Å². The van der Waals surface area contributed by atoms with Gasteiger partial charge in [-0.1, -0.05) is 155 Å². The summed E-state index contributed by atoms with van der Waals surface area (Å²) in [6, 6.07) is 40.2. The minimum absolute atomic E-state index is 0.0141. The van der Waals surface area contributed by atoms with E-state index >= 15 is 14.4 Å². The lowest BCUT2D eigenvalue weighted by atomic mass is 9.77. The molecule has 0 radical (unpaired) electrons. The number of rotatable bonds is 14. The molecule has 7 aromatic rings. The molecule has 1 aliphatic heterocycles. The van der Waals surface area contributed by atoms with Crippen molar-refractivity contribution in [3.8, 4) is 0 Å². The summed E-state index contributed by atoms with van der Waals surface area (Å²) in [5, 5.41) is 17.4. The molecule has 0 unspecified atom stereocenters. The van der Waals surface area contributed by atoms with Gasteiger partial charge in [-0.3, -0.25) is 23.7 Å². The summed E-state index contributed by atoms with van der Waals surface area (Å²) >= 11 is 12.0. The maximum absolute atomic E-state index is 15.5. The van der Waals surface area contributed by atoms with Crippen molar-refractivity contribution in [3.05, 3.63) is 195 Å². The molecule has 5 N–H and O–H groups in total. The predicted molar refractivity (Wildman–Crippen MR) is 330 cm³/mol. The number of halogens is 2. The monoisotopic (exact) mass is 1240 g/mol. The number of hydrogen-bond donors (Lipinski definition) is 5. The summed E-state index contributed by atoms with van der Waals surface area (Å²) in [6.07, 6.45) is 2.74. The average Bonchev–Trinajstić information content (AvgIpc) is 2.23. The molecular weight excluding hydrogens is 1170 g/mol. The number of hydrogen-bond acceptors (Lipinski definition) is 11. The van der Waals surface area contributed by atoms with Gasteiger partial charge in [-0.15, -0.1) is 0 Å². The molecule has 2 aromatic heterocycles. The standard InChI is InChI=1S/C65H72BrClN8O8S/c1-63(2,3)82-61(80)69-36-20-19-30-52-60(79)74(7)54(38-43-41-75(62(81)83-64(4,5)6)53-31-18-17-29-47(43)53)58(78)71-40-48-49(66)32-33-50(67)56(48)84-59-42(22-21-37-68-59)39-70-51(57(77)72-52)34-35-55(76)73-65(44-23-11-8-12-24-44,45-25-13-9-14-26-45)46-27-15-10-16-28-46/h8-18,21-29,31-33,37,41,51-52,54,70H,19-20,30,34-36,38-40H2,1-7H3,(H,69,80)(H,71,78)(H,72,77)(H,73,76)/t51-,52-,54-/m0/s1. The van der Waals surface area contributed by atoms with E-state index in [2.05, 4.69) is 42.5 Å².